The highest BCUT2D eigenvalue weighted by Gasteiger charge is 2.28. The largest absolute Gasteiger partial charge is 0.496 e. The lowest BCUT2D eigenvalue weighted by Crippen LogP contribution is -2.20. The van der Waals surface area contributed by atoms with E-state index in [4.69, 9.17) is 21.1 Å². The van der Waals surface area contributed by atoms with Crippen LogP contribution in [0.2, 0.25) is 0 Å². The van der Waals surface area contributed by atoms with Gasteiger partial charge in [-0.1, -0.05) is 42.5 Å². The Labute approximate surface area is 195 Å². The summed E-state index contributed by atoms with van der Waals surface area (Å²) >= 11 is 5.96. The maximum atomic E-state index is 12.4. The Morgan fingerprint density at radius 2 is 1.61 bits per heavy atom. The minimum atomic E-state index is -0.732. The number of carbonyl (C=O) groups is 2. The number of aromatic nitrogens is 2. The molecule has 4 aromatic rings. The van der Waals surface area contributed by atoms with Crippen molar-refractivity contribution in [2.24, 2.45) is 0 Å². The van der Waals surface area contributed by atoms with Crippen LogP contribution in [0.5, 0.6) is 11.5 Å². The van der Waals surface area contributed by atoms with Crippen molar-refractivity contribution in [3.63, 3.8) is 0 Å². The fourth-order valence-electron chi connectivity index (χ4n) is 3.90. The van der Waals surface area contributed by atoms with Crippen molar-refractivity contribution in [3.05, 3.63) is 71.9 Å². The summed E-state index contributed by atoms with van der Waals surface area (Å²) in [5, 5.41) is 8.57. The van der Waals surface area contributed by atoms with Crippen molar-refractivity contribution in [1.82, 2.24) is 15.1 Å². The average Bonchev–Trinajstić information content (AvgIpc) is 3.20. The number of fused-ring (bicyclic) bond motifs is 1. The Morgan fingerprint density at radius 3 is 2.24 bits per heavy atom. The SMILES string of the molecule is COc1cccc(OC)c1-c1c(CNC(C)=O)c(C(=O)Cl)nn1-c1cccc2ccccc12. The van der Waals surface area contributed by atoms with Crippen LogP contribution in [-0.2, 0) is 11.3 Å². The second-order valence-electron chi connectivity index (χ2n) is 7.31. The van der Waals surface area contributed by atoms with E-state index in [1.807, 2.05) is 42.5 Å². The van der Waals surface area contributed by atoms with Gasteiger partial charge in [0.15, 0.2) is 5.69 Å². The van der Waals surface area contributed by atoms with Crippen LogP contribution in [0.4, 0.5) is 0 Å². The van der Waals surface area contributed by atoms with Gasteiger partial charge in [-0.2, -0.15) is 5.10 Å². The van der Waals surface area contributed by atoms with Crippen LogP contribution in [0.1, 0.15) is 23.0 Å². The van der Waals surface area contributed by atoms with Crippen LogP contribution in [-0.4, -0.2) is 35.1 Å². The number of carbonyl (C=O) groups excluding carboxylic acids is 2. The number of ether oxygens (including phenoxy) is 2. The maximum absolute atomic E-state index is 12.4. The normalized spacial score (nSPS) is 10.8. The molecule has 4 rings (SSSR count). The molecule has 0 saturated carbocycles. The van der Waals surface area contributed by atoms with Gasteiger partial charge in [0.05, 0.1) is 31.2 Å². The molecule has 3 aromatic carbocycles. The van der Waals surface area contributed by atoms with Crippen LogP contribution in [0.15, 0.2) is 60.7 Å². The molecule has 0 bridgehead atoms. The topological polar surface area (TPSA) is 82.4 Å². The Bertz CT molecular complexity index is 1340. The van der Waals surface area contributed by atoms with E-state index in [0.29, 0.717) is 28.3 Å². The third-order valence-corrected chi connectivity index (χ3v) is 5.52. The molecule has 0 aliphatic heterocycles. The number of amides is 1. The summed E-state index contributed by atoms with van der Waals surface area (Å²) in [4.78, 5) is 24.2. The quantitative estimate of drug-likeness (QED) is 0.401. The number of nitrogens with one attached hydrogen (secondary N) is 1. The van der Waals surface area contributed by atoms with Crippen molar-refractivity contribution in [3.8, 4) is 28.4 Å². The van der Waals surface area contributed by atoms with Gasteiger partial charge in [-0.15, -0.1) is 0 Å². The lowest BCUT2D eigenvalue weighted by atomic mass is 10.0. The molecule has 1 aromatic heterocycles. The van der Waals surface area contributed by atoms with Gasteiger partial charge in [0, 0.05) is 24.4 Å². The van der Waals surface area contributed by atoms with Gasteiger partial charge in [0.2, 0.25) is 5.91 Å². The van der Waals surface area contributed by atoms with Gasteiger partial charge in [0.25, 0.3) is 5.24 Å². The lowest BCUT2D eigenvalue weighted by Gasteiger charge is -2.17. The van der Waals surface area contributed by atoms with Crippen molar-refractivity contribution in [1.29, 1.82) is 0 Å². The zero-order valence-electron chi connectivity index (χ0n) is 18.4. The van der Waals surface area contributed by atoms with E-state index < -0.39 is 5.24 Å². The van der Waals surface area contributed by atoms with Gasteiger partial charge in [-0.3, -0.25) is 9.59 Å². The second-order valence-corrected chi connectivity index (χ2v) is 7.65. The number of halogens is 1. The predicted molar refractivity (Wildman–Crippen MR) is 127 cm³/mol. The van der Waals surface area contributed by atoms with Crippen LogP contribution < -0.4 is 14.8 Å². The molecule has 33 heavy (non-hydrogen) atoms. The molecule has 1 amide bonds. The zero-order chi connectivity index (χ0) is 23.5. The van der Waals surface area contributed by atoms with E-state index in [-0.39, 0.29) is 18.1 Å². The standard InChI is InChI=1S/C25H22ClN3O4/c1-15(30)27-14-18-23(25(26)31)28-29(19-11-6-9-16-8-4-5-10-17(16)19)24(18)22-20(32-2)12-7-13-21(22)33-3/h4-13H,14H2,1-3H3,(H,27,30). The van der Waals surface area contributed by atoms with Gasteiger partial charge in [-0.05, 0) is 35.2 Å². The fraction of sp³-hybridized carbons (Fsp3) is 0.160. The molecular weight excluding hydrogens is 442 g/mol. The molecule has 7 nitrogen and oxygen atoms in total. The molecule has 0 unspecified atom stereocenters. The molecule has 0 saturated heterocycles. The molecule has 0 aliphatic rings. The van der Waals surface area contributed by atoms with Crippen molar-refractivity contribution < 1.29 is 19.1 Å². The summed E-state index contributed by atoms with van der Waals surface area (Å²) < 4.78 is 13.0. The smallest absolute Gasteiger partial charge is 0.273 e. The van der Waals surface area contributed by atoms with E-state index in [1.165, 1.54) is 6.92 Å². The number of benzene rings is 3. The van der Waals surface area contributed by atoms with Crippen molar-refractivity contribution in [2.45, 2.75) is 13.5 Å². The summed E-state index contributed by atoms with van der Waals surface area (Å²) in [6.07, 6.45) is 0. The summed E-state index contributed by atoms with van der Waals surface area (Å²) in [5.41, 5.74) is 2.37. The predicted octanol–water partition coefficient (Wildman–Crippen LogP) is 4.72. The van der Waals surface area contributed by atoms with Crippen LogP contribution in [0.25, 0.3) is 27.7 Å². The number of methoxy groups -OCH3 is 2. The number of hydrogen-bond donors (Lipinski definition) is 1. The number of nitrogens with zero attached hydrogens (tertiary/aromatic N) is 2. The first-order valence-electron chi connectivity index (χ1n) is 10.2. The Kier molecular flexibility index (Phi) is 6.33. The first-order valence-corrected chi connectivity index (χ1v) is 10.6. The highest BCUT2D eigenvalue weighted by atomic mass is 35.5. The van der Waals surface area contributed by atoms with Crippen molar-refractivity contribution in [2.75, 3.05) is 14.2 Å². The summed E-state index contributed by atoms with van der Waals surface area (Å²) in [5.74, 6) is 0.792. The summed E-state index contributed by atoms with van der Waals surface area (Å²) in [7, 11) is 3.11. The first kappa shape index (κ1) is 22.4. The fourth-order valence-corrected chi connectivity index (χ4v) is 4.05. The third kappa shape index (κ3) is 4.15. The molecule has 0 radical (unpaired) electrons. The molecule has 0 aliphatic carbocycles. The highest BCUT2D eigenvalue weighted by molar-refractivity contribution is 6.67. The van der Waals surface area contributed by atoms with Crippen molar-refractivity contribution >= 4 is 33.5 Å². The Morgan fingerprint density at radius 1 is 0.970 bits per heavy atom. The molecule has 0 spiro atoms. The molecule has 0 atom stereocenters. The van der Waals surface area contributed by atoms with Gasteiger partial charge in [0.1, 0.15) is 11.5 Å². The van der Waals surface area contributed by atoms with E-state index >= 15 is 0 Å². The third-order valence-electron chi connectivity index (χ3n) is 5.34. The molecular formula is C25H22ClN3O4. The van der Waals surface area contributed by atoms with E-state index in [2.05, 4.69) is 10.4 Å². The van der Waals surface area contributed by atoms with E-state index in [9.17, 15) is 9.59 Å². The van der Waals surface area contributed by atoms with Gasteiger partial charge < -0.3 is 14.8 Å². The van der Waals surface area contributed by atoms with Gasteiger partial charge >= 0.3 is 0 Å². The van der Waals surface area contributed by atoms with Crippen LogP contribution in [0, 0.1) is 0 Å². The molecule has 1 heterocycles. The van der Waals surface area contributed by atoms with Crippen LogP contribution >= 0.6 is 11.6 Å². The van der Waals surface area contributed by atoms with E-state index in [1.54, 1.807) is 37.1 Å². The minimum absolute atomic E-state index is 0.0429. The lowest BCUT2D eigenvalue weighted by molar-refractivity contribution is -0.119. The Hall–Kier alpha value is -3.84. The molecule has 1 N–H and O–H groups in total. The Balaban J connectivity index is 2.14. The highest BCUT2D eigenvalue weighted by Crippen LogP contribution is 2.42. The number of hydrogen-bond acceptors (Lipinski definition) is 5. The second kappa shape index (κ2) is 9.34. The summed E-state index contributed by atoms with van der Waals surface area (Å²) in [6.45, 7) is 1.45. The molecule has 168 valence electrons. The van der Waals surface area contributed by atoms with E-state index in [0.717, 1.165) is 16.5 Å². The zero-order valence-corrected chi connectivity index (χ0v) is 19.1. The first-order chi connectivity index (χ1) is 16.0. The minimum Gasteiger partial charge on any atom is -0.496 e. The number of rotatable bonds is 7. The molecule has 0 fully saturated rings. The average molecular weight is 464 g/mol. The maximum Gasteiger partial charge on any atom is 0.273 e. The molecule has 8 heteroatoms. The monoisotopic (exact) mass is 463 g/mol. The van der Waals surface area contributed by atoms with Crippen LogP contribution in [0.3, 0.4) is 0 Å². The van der Waals surface area contributed by atoms with Gasteiger partial charge in [-0.25, -0.2) is 4.68 Å². The summed E-state index contributed by atoms with van der Waals surface area (Å²) in [6, 6.07) is 19.1.